The van der Waals surface area contributed by atoms with Crippen molar-refractivity contribution in [3.05, 3.63) is 24.3 Å². The third kappa shape index (κ3) is 1.58. The molecule has 0 aromatic carbocycles. The van der Waals surface area contributed by atoms with Gasteiger partial charge < -0.3 is 5.32 Å². The minimum Gasteiger partial charge on any atom is -0.348 e. The number of hydrogen-bond donors (Lipinski definition) is 1. The first-order valence-electron chi connectivity index (χ1n) is 3.86. The van der Waals surface area contributed by atoms with E-state index in [9.17, 15) is 4.79 Å². The van der Waals surface area contributed by atoms with E-state index < -0.39 is 0 Å². The minimum absolute atomic E-state index is 0.129. The van der Waals surface area contributed by atoms with Gasteiger partial charge in [-0.25, -0.2) is 9.97 Å². The van der Waals surface area contributed by atoms with Crippen LogP contribution in [0.5, 0.6) is 0 Å². The van der Waals surface area contributed by atoms with Gasteiger partial charge in [0.15, 0.2) is 6.33 Å². The highest BCUT2D eigenvalue weighted by molar-refractivity contribution is 5.92. The summed E-state index contributed by atoms with van der Waals surface area (Å²) in [6, 6.07) is 1.95. The third-order valence-corrected chi connectivity index (χ3v) is 1.68. The Labute approximate surface area is 70.0 Å². The molecule has 4 heteroatoms. The van der Waals surface area contributed by atoms with Gasteiger partial charge in [0.25, 0.3) is 5.91 Å². The van der Waals surface area contributed by atoms with Crippen LogP contribution in [0.4, 0.5) is 0 Å². The number of carbonyl (C=O) groups is 1. The van der Waals surface area contributed by atoms with Gasteiger partial charge >= 0.3 is 0 Å². The van der Waals surface area contributed by atoms with Gasteiger partial charge in [-0.05, 0) is 18.9 Å². The molecule has 1 saturated carbocycles. The van der Waals surface area contributed by atoms with Crippen LogP contribution in [0.15, 0.2) is 12.3 Å². The molecule has 61 valence electrons. The molecule has 1 fully saturated rings. The molecule has 0 bridgehead atoms. The Kier molecular flexibility index (Phi) is 1.74. The normalized spacial score (nSPS) is 15.7. The summed E-state index contributed by atoms with van der Waals surface area (Å²) in [6.45, 7) is 0. The van der Waals surface area contributed by atoms with Crippen LogP contribution in [0.25, 0.3) is 0 Å². The molecule has 1 radical (unpaired) electrons. The molecule has 4 nitrogen and oxygen atoms in total. The van der Waals surface area contributed by atoms with E-state index in [4.69, 9.17) is 0 Å². The van der Waals surface area contributed by atoms with Gasteiger partial charge in [-0.1, -0.05) is 0 Å². The van der Waals surface area contributed by atoms with Crippen LogP contribution in [0.3, 0.4) is 0 Å². The van der Waals surface area contributed by atoms with Crippen molar-refractivity contribution in [1.29, 1.82) is 0 Å². The highest BCUT2D eigenvalue weighted by Gasteiger charge is 2.23. The predicted molar refractivity (Wildman–Crippen MR) is 41.4 cm³/mol. The lowest BCUT2D eigenvalue weighted by atomic mass is 10.4. The van der Waals surface area contributed by atoms with Crippen molar-refractivity contribution in [3.8, 4) is 0 Å². The van der Waals surface area contributed by atoms with Crippen LogP contribution in [-0.4, -0.2) is 21.9 Å². The fourth-order valence-corrected chi connectivity index (χ4v) is 0.875. The van der Waals surface area contributed by atoms with Gasteiger partial charge in [0, 0.05) is 12.2 Å². The maximum atomic E-state index is 11.3. The van der Waals surface area contributed by atoms with E-state index in [0.29, 0.717) is 11.7 Å². The zero-order valence-electron chi connectivity index (χ0n) is 6.45. The number of rotatable bonds is 2. The molecule has 0 aliphatic heterocycles. The summed E-state index contributed by atoms with van der Waals surface area (Å²) < 4.78 is 0. The van der Waals surface area contributed by atoms with Crippen molar-refractivity contribution in [1.82, 2.24) is 15.3 Å². The van der Waals surface area contributed by atoms with Gasteiger partial charge in [0.2, 0.25) is 0 Å². The minimum atomic E-state index is -0.129. The first kappa shape index (κ1) is 7.21. The van der Waals surface area contributed by atoms with Gasteiger partial charge in [-0.15, -0.1) is 0 Å². The highest BCUT2D eigenvalue weighted by Crippen LogP contribution is 2.18. The second-order valence-electron chi connectivity index (χ2n) is 2.79. The summed E-state index contributed by atoms with van der Waals surface area (Å²) in [7, 11) is 0. The zero-order chi connectivity index (χ0) is 8.39. The highest BCUT2D eigenvalue weighted by atomic mass is 16.2. The van der Waals surface area contributed by atoms with E-state index in [1.807, 2.05) is 0 Å². The molecule has 0 saturated heterocycles. The number of amides is 1. The molecule has 0 unspecified atom stereocenters. The fourth-order valence-electron chi connectivity index (χ4n) is 0.875. The second kappa shape index (κ2) is 2.89. The van der Waals surface area contributed by atoms with E-state index in [0.717, 1.165) is 12.8 Å². The largest absolute Gasteiger partial charge is 0.348 e. The summed E-state index contributed by atoms with van der Waals surface area (Å²) in [5, 5.41) is 2.82. The van der Waals surface area contributed by atoms with Crippen LogP contribution < -0.4 is 5.32 Å². The molecule has 0 atom stereocenters. The molecule has 1 aromatic rings. The van der Waals surface area contributed by atoms with Crippen molar-refractivity contribution in [2.45, 2.75) is 18.9 Å². The van der Waals surface area contributed by atoms with Crippen molar-refractivity contribution < 1.29 is 4.79 Å². The zero-order valence-corrected chi connectivity index (χ0v) is 6.45. The Hall–Kier alpha value is -1.45. The Morgan fingerprint density at radius 1 is 1.67 bits per heavy atom. The number of aromatic nitrogens is 2. The summed E-state index contributed by atoms with van der Waals surface area (Å²) in [4.78, 5) is 18.6. The van der Waals surface area contributed by atoms with Crippen molar-refractivity contribution in [2.24, 2.45) is 0 Å². The lowest BCUT2D eigenvalue weighted by Crippen LogP contribution is -2.26. The smallest absolute Gasteiger partial charge is 0.270 e. The molecular formula is C8H8N3O. The summed E-state index contributed by atoms with van der Waals surface area (Å²) in [5.41, 5.74) is 0.386. The molecule has 1 aliphatic carbocycles. The predicted octanol–water partition coefficient (Wildman–Crippen LogP) is 0.169. The van der Waals surface area contributed by atoms with Crippen LogP contribution >= 0.6 is 0 Å². The number of hydrogen-bond acceptors (Lipinski definition) is 3. The average Bonchev–Trinajstić information content (AvgIpc) is 2.90. The summed E-state index contributed by atoms with van der Waals surface area (Å²) in [6.07, 6.45) is 6.05. The molecule has 1 aromatic heterocycles. The standard InChI is InChI=1S/C8H8N3O/c12-8(11-6-1-2-6)7-3-4-9-5-10-7/h3-4,6H,1-2H2,(H,11,12). The van der Waals surface area contributed by atoms with Gasteiger partial charge in [-0.2, -0.15) is 0 Å². The SMILES string of the molecule is O=C(NC1CC1)c1ccn[c]n1. The Morgan fingerprint density at radius 2 is 2.50 bits per heavy atom. The molecular weight excluding hydrogens is 154 g/mol. The molecule has 2 rings (SSSR count). The van der Waals surface area contributed by atoms with Crippen molar-refractivity contribution in [3.63, 3.8) is 0 Å². The van der Waals surface area contributed by atoms with E-state index in [2.05, 4.69) is 21.6 Å². The molecule has 1 amide bonds. The van der Waals surface area contributed by atoms with E-state index in [-0.39, 0.29) is 5.91 Å². The molecule has 0 spiro atoms. The average molecular weight is 162 g/mol. The monoisotopic (exact) mass is 162 g/mol. The van der Waals surface area contributed by atoms with Crippen LogP contribution in [0, 0.1) is 6.33 Å². The Morgan fingerprint density at radius 3 is 3.08 bits per heavy atom. The van der Waals surface area contributed by atoms with Crippen LogP contribution in [0.1, 0.15) is 23.3 Å². The number of nitrogens with one attached hydrogen (secondary N) is 1. The van der Waals surface area contributed by atoms with Crippen LogP contribution in [-0.2, 0) is 0 Å². The van der Waals surface area contributed by atoms with E-state index in [1.54, 1.807) is 6.07 Å². The van der Waals surface area contributed by atoms with Crippen molar-refractivity contribution in [2.75, 3.05) is 0 Å². The van der Waals surface area contributed by atoms with E-state index in [1.165, 1.54) is 6.20 Å². The number of nitrogens with zero attached hydrogens (tertiary/aromatic N) is 2. The first-order chi connectivity index (χ1) is 5.86. The summed E-state index contributed by atoms with van der Waals surface area (Å²) in [5.74, 6) is -0.129. The quantitative estimate of drug-likeness (QED) is 0.674. The lowest BCUT2D eigenvalue weighted by Gasteiger charge is -1.99. The van der Waals surface area contributed by atoms with Gasteiger partial charge in [-0.3, -0.25) is 4.79 Å². The molecule has 12 heavy (non-hydrogen) atoms. The lowest BCUT2D eigenvalue weighted by molar-refractivity contribution is 0.0946. The molecule has 1 heterocycles. The number of carbonyl (C=O) groups excluding carboxylic acids is 1. The first-order valence-corrected chi connectivity index (χ1v) is 3.86. The Bertz CT molecular complexity index is 282. The van der Waals surface area contributed by atoms with Crippen molar-refractivity contribution >= 4 is 5.91 Å². The van der Waals surface area contributed by atoms with Crippen LogP contribution in [0.2, 0.25) is 0 Å². The molecule has 1 N–H and O–H groups in total. The van der Waals surface area contributed by atoms with E-state index >= 15 is 0 Å². The topological polar surface area (TPSA) is 54.9 Å². The Balaban J connectivity index is 2.03. The maximum absolute atomic E-state index is 11.3. The second-order valence-corrected chi connectivity index (χ2v) is 2.79. The molecule has 1 aliphatic rings. The summed E-state index contributed by atoms with van der Waals surface area (Å²) >= 11 is 0. The fraction of sp³-hybridized carbons (Fsp3) is 0.375. The third-order valence-electron chi connectivity index (χ3n) is 1.68. The maximum Gasteiger partial charge on any atom is 0.270 e. The van der Waals surface area contributed by atoms with Gasteiger partial charge in [0.05, 0.1) is 0 Å². The van der Waals surface area contributed by atoms with Gasteiger partial charge in [0.1, 0.15) is 5.69 Å².